The largest absolute Gasteiger partial charge is 0.390 e. The zero-order valence-corrected chi connectivity index (χ0v) is 19.0. The van der Waals surface area contributed by atoms with E-state index < -0.39 is 28.0 Å². The van der Waals surface area contributed by atoms with Crippen LogP contribution in [0, 0.1) is 12.3 Å². The van der Waals surface area contributed by atoms with E-state index in [1.54, 1.807) is 12.1 Å². The summed E-state index contributed by atoms with van der Waals surface area (Å²) in [6.07, 6.45) is -5.48. The minimum absolute atomic E-state index is 0.0596. The van der Waals surface area contributed by atoms with Crippen molar-refractivity contribution in [3.05, 3.63) is 71.3 Å². The van der Waals surface area contributed by atoms with Gasteiger partial charge in [-0.3, -0.25) is 0 Å². The van der Waals surface area contributed by atoms with E-state index in [2.05, 4.69) is 0 Å². The van der Waals surface area contributed by atoms with Gasteiger partial charge in [0.05, 0.1) is 11.3 Å². The minimum Gasteiger partial charge on any atom is -0.207 e. The molecule has 0 saturated carbocycles. The molecule has 156 valence electrons. The zero-order valence-electron chi connectivity index (χ0n) is 16.0. The molecule has 1 atom stereocenters. The average molecular weight is 535 g/mol. The first kappa shape index (κ1) is 22.3. The molecule has 2 aromatic carbocycles. The van der Waals surface area contributed by atoms with Crippen molar-refractivity contribution in [2.75, 3.05) is 13.1 Å². The maximum atomic E-state index is 13.4. The summed E-state index contributed by atoms with van der Waals surface area (Å²) in [7, 11) is -3.90. The third-order valence-corrected chi connectivity index (χ3v) is 8.21. The lowest BCUT2D eigenvalue weighted by atomic mass is 9.80. The Morgan fingerprint density at radius 2 is 1.69 bits per heavy atom. The van der Waals surface area contributed by atoms with Gasteiger partial charge in [-0.25, -0.2) is 8.42 Å². The number of rotatable bonds is 4. The highest BCUT2D eigenvalue weighted by molar-refractivity contribution is 14.1. The van der Waals surface area contributed by atoms with E-state index in [9.17, 15) is 21.6 Å². The highest BCUT2D eigenvalue weighted by atomic mass is 127. The maximum absolute atomic E-state index is 13.4. The summed E-state index contributed by atoms with van der Waals surface area (Å²) < 4.78 is 68.2. The van der Waals surface area contributed by atoms with Crippen molar-refractivity contribution in [2.24, 2.45) is 5.41 Å². The van der Waals surface area contributed by atoms with Crippen LogP contribution in [0.1, 0.15) is 24.5 Å². The Morgan fingerprint density at radius 1 is 1.10 bits per heavy atom. The molecule has 1 fully saturated rings. The van der Waals surface area contributed by atoms with E-state index in [1.807, 2.05) is 59.8 Å². The van der Waals surface area contributed by atoms with Crippen LogP contribution in [0.25, 0.3) is 3.58 Å². The van der Waals surface area contributed by atoms with Gasteiger partial charge in [0.25, 0.3) is 0 Å². The highest BCUT2D eigenvalue weighted by Crippen LogP contribution is 2.49. The molecule has 0 bridgehead atoms. The van der Waals surface area contributed by atoms with Gasteiger partial charge in [0, 0.05) is 22.1 Å². The summed E-state index contributed by atoms with van der Waals surface area (Å²) >= 11 is 2.03. The van der Waals surface area contributed by atoms with Crippen LogP contribution in [0.3, 0.4) is 0 Å². The van der Waals surface area contributed by atoms with Gasteiger partial charge in [-0.05, 0) is 52.8 Å². The van der Waals surface area contributed by atoms with Crippen LogP contribution in [-0.2, 0) is 10.0 Å². The number of halogens is 4. The van der Waals surface area contributed by atoms with Crippen molar-refractivity contribution in [1.82, 2.24) is 4.31 Å². The van der Waals surface area contributed by atoms with Crippen LogP contribution >= 0.6 is 22.6 Å². The van der Waals surface area contributed by atoms with Gasteiger partial charge >= 0.3 is 6.18 Å². The quantitative estimate of drug-likeness (QED) is 0.464. The Morgan fingerprint density at radius 3 is 2.24 bits per heavy atom. The number of aryl methyl sites for hydroxylation is 1. The van der Waals surface area contributed by atoms with Crippen molar-refractivity contribution < 1.29 is 21.6 Å². The van der Waals surface area contributed by atoms with Gasteiger partial charge in [0.15, 0.2) is 0 Å². The normalized spacial score (nSPS) is 22.7. The number of nitrogens with zero attached hydrogens (tertiary/aromatic N) is 1. The molecule has 1 saturated heterocycles. The highest BCUT2D eigenvalue weighted by Gasteiger charge is 2.50. The second-order valence-corrected chi connectivity index (χ2v) is 10.6. The van der Waals surface area contributed by atoms with Crippen molar-refractivity contribution in [1.29, 1.82) is 0 Å². The maximum Gasteiger partial charge on any atom is 0.390 e. The van der Waals surface area contributed by atoms with Crippen molar-refractivity contribution >= 4 is 36.2 Å². The van der Waals surface area contributed by atoms with Crippen LogP contribution in [0.4, 0.5) is 13.2 Å². The third kappa shape index (κ3) is 4.86. The van der Waals surface area contributed by atoms with E-state index in [1.165, 1.54) is 23.4 Å². The molecule has 0 aromatic heterocycles. The number of benzene rings is 2. The van der Waals surface area contributed by atoms with E-state index in [0.717, 1.165) is 11.1 Å². The molecule has 1 aliphatic heterocycles. The first-order valence-electron chi connectivity index (χ1n) is 9.00. The summed E-state index contributed by atoms with van der Waals surface area (Å²) in [6.45, 7) is 3.07. The summed E-state index contributed by atoms with van der Waals surface area (Å²) in [5, 5.41) is 0. The summed E-state index contributed by atoms with van der Waals surface area (Å²) in [6, 6.07) is 15.4. The van der Waals surface area contributed by atoms with Crippen molar-refractivity contribution in [2.45, 2.75) is 31.3 Å². The van der Waals surface area contributed by atoms with E-state index >= 15 is 0 Å². The SMILES string of the molecule is Cc1ccc(S(=O)(=O)N2C/C(=C(/I)c3ccccc3)C(C)(CC(F)(F)F)C2)cc1. The molecule has 8 heteroatoms. The van der Waals surface area contributed by atoms with Crippen molar-refractivity contribution in [3.8, 4) is 0 Å². The number of hydrogen-bond acceptors (Lipinski definition) is 2. The monoisotopic (exact) mass is 535 g/mol. The second kappa shape index (κ2) is 8.03. The third-order valence-electron chi connectivity index (χ3n) is 5.13. The molecule has 3 rings (SSSR count). The fourth-order valence-electron chi connectivity index (χ4n) is 3.64. The molecule has 0 amide bonds. The molecule has 1 aliphatic rings. The number of hydrogen-bond donors (Lipinski definition) is 0. The molecule has 2 aromatic rings. The fourth-order valence-corrected chi connectivity index (χ4v) is 6.35. The molecule has 1 unspecified atom stereocenters. The lowest BCUT2D eigenvalue weighted by molar-refractivity contribution is -0.150. The van der Waals surface area contributed by atoms with Crippen LogP contribution in [0.15, 0.2) is 65.1 Å². The first-order chi connectivity index (χ1) is 13.4. The molecule has 0 radical (unpaired) electrons. The lowest BCUT2D eigenvalue weighted by Crippen LogP contribution is -2.33. The number of alkyl halides is 3. The van der Waals surface area contributed by atoms with Gasteiger partial charge in [-0.15, -0.1) is 0 Å². The molecule has 3 nitrogen and oxygen atoms in total. The lowest BCUT2D eigenvalue weighted by Gasteiger charge is -2.28. The fraction of sp³-hybridized carbons (Fsp3) is 0.333. The van der Waals surface area contributed by atoms with E-state index in [0.29, 0.717) is 9.15 Å². The molecular formula is C21H21F3INO2S. The topological polar surface area (TPSA) is 37.4 Å². The Balaban J connectivity index is 2.07. The summed E-state index contributed by atoms with van der Waals surface area (Å²) in [4.78, 5) is 0.0911. The Labute approximate surface area is 182 Å². The van der Waals surface area contributed by atoms with Gasteiger partial charge in [0.2, 0.25) is 10.0 Å². The van der Waals surface area contributed by atoms with Crippen LogP contribution in [0.5, 0.6) is 0 Å². The first-order valence-corrected chi connectivity index (χ1v) is 11.5. The molecule has 0 spiro atoms. The molecule has 0 N–H and O–H groups in total. The van der Waals surface area contributed by atoms with Gasteiger partial charge in [-0.1, -0.05) is 55.0 Å². The van der Waals surface area contributed by atoms with Crippen LogP contribution < -0.4 is 0 Å². The standard InChI is InChI=1S/C21H21F3INO2S/c1-15-8-10-17(11-9-15)29(27,28)26-12-18(19(25)16-6-4-3-5-7-16)20(2,14-26)13-21(22,23)24/h3-11H,12-14H2,1-2H3/b19-18-. The zero-order chi connectivity index (χ0) is 21.4. The second-order valence-electron chi connectivity index (χ2n) is 7.60. The van der Waals surface area contributed by atoms with E-state index in [4.69, 9.17) is 0 Å². The Bertz CT molecular complexity index is 1020. The predicted octanol–water partition coefficient (Wildman–Crippen LogP) is 5.80. The van der Waals surface area contributed by atoms with Gasteiger partial charge in [0.1, 0.15) is 0 Å². The van der Waals surface area contributed by atoms with Gasteiger partial charge < -0.3 is 0 Å². The van der Waals surface area contributed by atoms with Crippen LogP contribution in [0.2, 0.25) is 0 Å². The molecule has 29 heavy (non-hydrogen) atoms. The van der Waals surface area contributed by atoms with Gasteiger partial charge in [-0.2, -0.15) is 17.5 Å². The minimum atomic E-state index is -4.41. The summed E-state index contributed by atoms with van der Waals surface area (Å²) in [5.41, 5.74) is 0.859. The number of sulfonamides is 1. The Hall–Kier alpha value is -1.39. The smallest absolute Gasteiger partial charge is 0.207 e. The molecule has 1 heterocycles. The average Bonchev–Trinajstić information content (AvgIpc) is 2.98. The van der Waals surface area contributed by atoms with Crippen LogP contribution in [-0.4, -0.2) is 32.0 Å². The Kier molecular flexibility index (Phi) is 6.18. The predicted molar refractivity (Wildman–Crippen MR) is 116 cm³/mol. The summed E-state index contributed by atoms with van der Waals surface area (Å²) in [5.74, 6) is 0. The molecular weight excluding hydrogens is 514 g/mol. The van der Waals surface area contributed by atoms with Crippen molar-refractivity contribution in [3.63, 3.8) is 0 Å². The molecule has 0 aliphatic carbocycles. The van der Waals surface area contributed by atoms with E-state index in [-0.39, 0.29) is 18.0 Å².